The zero-order valence-electron chi connectivity index (χ0n) is 14.0. The van der Waals surface area contributed by atoms with Crippen molar-refractivity contribution in [1.82, 2.24) is 15.1 Å². The monoisotopic (exact) mass is 301 g/mol. The first-order valence-corrected chi connectivity index (χ1v) is 7.85. The predicted octanol–water partition coefficient (Wildman–Crippen LogP) is 2.70. The van der Waals surface area contributed by atoms with E-state index in [0.29, 0.717) is 0 Å². The SMILES string of the molecule is C[C@H](CO)NCc1cn(Cc2ccccc2)nc1C(C)(C)C. The molecule has 22 heavy (non-hydrogen) atoms. The van der Waals surface area contributed by atoms with E-state index < -0.39 is 0 Å². The van der Waals surface area contributed by atoms with Gasteiger partial charge in [0.15, 0.2) is 0 Å². The molecular formula is C18H27N3O. The van der Waals surface area contributed by atoms with E-state index in [2.05, 4.69) is 56.6 Å². The molecule has 0 amide bonds. The summed E-state index contributed by atoms with van der Waals surface area (Å²) in [5.74, 6) is 0. The molecule has 2 N–H and O–H groups in total. The van der Waals surface area contributed by atoms with Gasteiger partial charge in [-0.3, -0.25) is 4.68 Å². The maximum Gasteiger partial charge on any atom is 0.0723 e. The molecule has 1 aromatic carbocycles. The van der Waals surface area contributed by atoms with Crippen LogP contribution in [0.4, 0.5) is 0 Å². The van der Waals surface area contributed by atoms with E-state index in [4.69, 9.17) is 10.2 Å². The van der Waals surface area contributed by atoms with Crippen LogP contribution in [-0.2, 0) is 18.5 Å². The van der Waals surface area contributed by atoms with Crippen LogP contribution in [0.3, 0.4) is 0 Å². The Balaban J connectivity index is 2.20. The van der Waals surface area contributed by atoms with Gasteiger partial charge >= 0.3 is 0 Å². The summed E-state index contributed by atoms with van der Waals surface area (Å²) in [5, 5.41) is 17.3. The van der Waals surface area contributed by atoms with Crippen molar-refractivity contribution in [2.45, 2.75) is 52.2 Å². The summed E-state index contributed by atoms with van der Waals surface area (Å²) in [6, 6.07) is 10.4. The number of hydrogen-bond acceptors (Lipinski definition) is 3. The van der Waals surface area contributed by atoms with E-state index in [0.717, 1.165) is 18.8 Å². The van der Waals surface area contributed by atoms with E-state index in [-0.39, 0.29) is 18.1 Å². The Morgan fingerprint density at radius 1 is 1.23 bits per heavy atom. The summed E-state index contributed by atoms with van der Waals surface area (Å²) in [5.41, 5.74) is 3.56. The maximum absolute atomic E-state index is 9.16. The number of nitrogens with one attached hydrogen (secondary N) is 1. The molecule has 4 nitrogen and oxygen atoms in total. The van der Waals surface area contributed by atoms with E-state index in [1.807, 2.05) is 17.7 Å². The van der Waals surface area contributed by atoms with Crippen molar-refractivity contribution in [2.75, 3.05) is 6.61 Å². The van der Waals surface area contributed by atoms with Gasteiger partial charge in [0.1, 0.15) is 0 Å². The lowest BCUT2D eigenvalue weighted by Gasteiger charge is -2.18. The topological polar surface area (TPSA) is 50.1 Å². The molecule has 1 atom stereocenters. The van der Waals surface area contributed by atoms with Gasteiger partial charge < -0.3 is 10.4 Å². The summed E-state index contributed by atoms with van der Waals surface area (Å²) < 4.78 is 2.01. The third-order valence-corrected chi connectivity index (χ3v) is 3.65. The van der Waals surface area contributed by atoms with Crippen molar-refractivity contribution in [3.63, 3.8) is 0 Å². The maximum atomic E-state index is 9.16. The van der Waals surface area contributed by atoms with Crippen molar-refractivity contribution in [2.24, 2.45) is 0 Å². The third kappa shape index (κ3) is 4.42. The van der Waals surface area contributed by atoms with Gasteiger partial charge in [0.05, 0.1) is 18.8 Å². The Bertz CT molecular complexity index is 584. The highest BCUT2D eigenvalue weighted by Crippen LogP contribution is 2.24. The molecule has 2 rings (SSSR count). The predicted molar refractivity (Wildman–Crippen MR) is 89.9 cm³/mol. The molecule has 2 aromatic rings. The lowest BCUT2D eigenvalue weighted by atomic mass is 9.89. The fraction of sp³-hybridized carbons (Fsp3) is 0.500. The number of aliphatic hydroxyl groups excluding tert-OH is 1. The van der Waals surface area contributed by atoms with Crippen LogP contribution in [0, 0.1) is 0 Å². The van der Waals surface area contributed by atoms with E-state index in [1.165, 1.54) is 11.1 Å². The van der Waals surface area contributed by atoms with Crippen LogP contribution in [0.5, 0.6) is 0 Å². The second-order valence-corrected chi connectivity index (χ2v) is 6.90. The van der Waals surface area contributed by atoms with Crippen LogP contribution >= 0.6 is 0 Å². The Morgan fingerprint density at radius 3 is 2.50 bits per heavy atom. The average molecular weight is 301 g/mol. The van der Waals surface area contributed by atoms with Crippen LogP contribution in [0.15, 0.2) is 36.5 Å². The molecule has 0 unspecified atom stereocenters. The van der Waals surface area contributed by atoms with Crippen LogP contribution in [-0.4, -0.2) is 27.5 Å². The quantitative estimate of drug-likeness (QED) is 0.862. The van der Waals surface area contributed by atoms with Gasteiger partial charge in [-0.1, -0.05) is 51.1 Å². The highest BCUT2D eigenvalue weighted by molar-refractivity contribution is 5.25. The largest absolute Gasteiger partial charge is 0.395 e. The zero-order valence-corrected chi connectivity index (χ0v) is 14.0. The van der Waals surface area contributed by atoms with E-state index >= 15 is 0 Å². The highest BCUT2D eigenvalue weighted by Gasteiger charge is 2.22. The molecule has 0 radical (unpaired) electrons. The fourth-order valence-corrected chi connectivity index (χ4v) is 2.42. The van der Waals surface area contributed by atoms with E-state index in [9.17, 15) is 0 Å². The molecular weight excluding hydrogens is 274 g/mol. The molecule has 0 saturated heterocycles. The molecule has 0 bridgehead atoms. The average Bonchev–Trinajstić information content (AvgIpc) is 2.89. The standard InChI is InChI=1S/C18H27N3O/c1-14(13-22)19-10-16-12-21(20-17(16)18(2,3)4)11-15-8-6-5-7-9-15/h5-9,12,14,19,22H,10-11,13H2,1-4H3/t14-/m1/s1. The van der Waals surface area contributed by atoms with Gasteiger partial charge in [0.2, 0.25) is 0 Å². The number of benzene rings is 1. The molecule has 0 spiro atoms. The molecule has 0 fully saturated rings. The zero-order chi connectivity index (χ0) is 16.2. The molecule has 0 aliphatic heterocycles. The smallest absolute Gasteiger partial charge is 0.0723 e. The summed E-state index contributed by atoms with van der Waals surface area (Å²) in [6.07, 6.45) is 2.12. The van der Waals surface area contributed by atoms with Gasteiger partial charge in [0, 0.05) is 29.8 Å². The number of aromatic nitrogens is 2. The van der Waals surface area contributed by atoms with Gasteiger partial charge in [0.25, 0.3) is 0 Å². The summed E-state index contributed by atoms with van der Waals surface area (Å²) >= 11 is 0. The molecule has 120 valence electrons. The van der Waals surface area contributed by atoms with Gasteiger partial charge in [-0.25, -0.2) is 0 Å². The van der Waals surface area contributed by atoms with Crippen molar-refractivity contribution < 1.29 is 5.11 Å². The highest BCUT2D eigenvalue weighted by atomic mass is 16.3. The minimum absolute atomic E-state index is 0.00139. The lowest BCUT2D eigenvalue weighted by molar-refractivity contribution is 0.251. The van der Waals surface area contributed by atoms with Crippen molar-refractivity contribution in [3.8, 4) is 0 Å². The van der Waals surface area contributed by atoms with Crippen molar-refractivity contribution >= 4 is 0 Å². The Hall–Kier alpha value is -1.65. The van der Waals surface area contributed by atoms with Crippen molar-refractivity contribution in [3.05, 3.63) is 53.3 Å². The minimum Gasteiger partial charge on any atom is -0.395 e. The van der Waals surface area contributed by atoms with Crippen molar-refractivity contribution in [1.29, 1.82) is 0 Å². The van der Waals surface area contributed by atoms with Gasteiger partial charge in [-0.15, -0.1) is 0 Å². The summed E-state index contributed by atoms with van der Waals surface area (Å²) in [7, 11) is 0. The van der Waals surface area contributed by atoms with Gasteiger partial charge in [-0.05, 0) is 12.5 Å². The fourth-order valence-electron chi connectivity index (χ4n) is 2.42. The molecule has 0 aliphatic carbocycles. The summed E-state index contributed by atoms with van der Waals surface area (Å²) in [4.78, 5) is 0. The number of nitrogens with zero attached hydrogens (tertiary/aromatic N) is 2. The molecule has 0 saturated carbocycles. The minimum atomic E-state index is 0.00139. The normalized spacial score (nSPS) is 13.3. The van der Waals surface area contributed by atoms with Crippen LogP contribution < -0.4 is 5.32 Å². The molecule has 0 aliphatic rings. The Kier molecular flexibility index (Phi) is 5.37. The number of aliphatic hydroxyl groups is 1. The molecule has 4 heteroatoms. The van der Waals surface area contributed by atoms with Crippen LogP contribution in [0.25, 0.3) is 0 Å². The van der Waals surface area contributed by atoms with Crippen LogP contribution in [0.1, 0.15) is 44.5 Å². The van der Waals surface area contributed by atoms with Crippen LogP contribution in [0.2, 0.25) is 0 Å². The second kappa shape index (κ2) is 7.07. The van der Waals surface area contributed by atoms with Gasteiger partial charge in [-0.2, -0.15) is 5.10 Å². The Morgan fingerprint density at radius 2 is 1.91 bits per heavy atom. The first-order chi connectivity index (χ1) is 10.4. The summed E-state index contributed by atoms with van der Waals surface area (Å²) in [6.45, 7) is 10.2. The first-order valence-electron chi connectivity index (χ1n) is 7.85. The number of rotatable bonds is 6. The molecule has 1 heterocycles. The second-order valence-electron chi connectivity index (χ2n) is 6.90. The lowest BCUT2D eigenvalue weighted by Crippen LogP contribution is -2.29. The number of hydrogen-bond donors (Lipinski definition) is 2. The molecule has 1 aromatic heterocycles. The first kappa shape index (κ1) is 16.7. The van der Waals surface area contributed by atoms with E-state index in [1.54, 1.807) is 0 Å². The third-order valence-electron chi connectivity index (χ3n) is 3.65. The Labute approximate surface area is 133 Å².